The van der Waals surface area contributed by atoms with Crippen molar-refractivity contribution < 1.29 is 0 Å². The van der Waals surface area contributed by atoms with Crippen LogP contribution >= 0.6 is 11.3 Å². The number of hydrogen-bond acceptors (Lipinski definition) is 2. The van der Waals surface area contributed by atoms with E-state index in [2.05, 4.69) is 35.0 Å². The largest absolute Gasteiger partial charge is 0.314 e. The highest BCUT2D eigenvalue weighted by Gasteiger charge is 2.28. The fourth-order valence-corrected chi connectivity index (χ4v) is 4.89. The lowest BCUT2D eigenvalue weighted by Crippen LogP contribution is -2.30. The second-order valence-electron chi connectivity index (χ2n) is 6.95. The average Bonchev–Trinajstić information content (AvgIpc) is 3.02. The second kappa shape index (κ2) is 6.10. The molecular formula is C19H25NS. The minimum Gasteiger partial charge on any atom is -0.314 e. The molecule has 0 aliphatic heterocycles. The van der Waals surface area contributed by atoms with Crippen LogP contribution in [-0.2, 0) is 6.42 Å². The van der Waals surface area contributed by atoms with Gasteiger partial charge in [-0.25, -0.2) is 0 Å². The molecule has 2 aliphatic rings. The molecule has 1 heterocycles. The predicted molar refractivity (Wildman–Crippen MR) is 92.0 cm³/mol. The summed E-state index contributed by atoms with van der Waals surface area (Å²) in [6.07, 6.45) is 9.90. The van der Waals surface area contributed by atoms with Crippen molar-refractivity contribution >= 4 is 21.4 Å². The molecule has 0 saturated heterocycles. The fourth-order valence-electron chi connectivity index (χ4n) is 3.91. The van der Waals surface area contributed by atoms with E-state index in [0.29, 0.717) is 0 Å². The summed E-state index contributed by atoms with van der Waals surface area (Å²) in [5.74, 6) is 1.79. The Labute approximate surface area is 131 Å². The Balaban J connectivity index is 1.51. The van der Waals surface area contributed by atoms with E-state index in [4.69, 9.17) is 0 Å². The second-order valence-corrected chi connectivity index (χ2v) is 7.86. The summed E-state index contributed by atoms with van der Waals surface area (Å²) < 4.78 is 1.45. The van der Waals surface area contributed by atoms with E-state index in [-0.39, 0.29) is 0 Å². The first-order valence-electron chi connectivity index (χ1n) is 8.58. The standard InChI is InChI=1S/C19H25NS/c1-2-6-14(5-1)15(12-20-17-9-10-17)11-16-13-21-19-8-4-3-7-18(16)19/h3-4,7-8,13-15,17,20H,1-2,5-6,9-12H2. The normalized spacial score (nSPS) is 21.1. The van der Waals surface area contributed by atoms with E-state index in [1.165, 1.54) is 61.6 Å². The van der Waals surface area contributed by atoms with E-state index in [9.17, 15) is 0 Å². The summed E-state index contributed by atoms with van der Waals surface area (Å²) in [6, 6.07) is 9.75. The predicted octanol–water partition coefficient (Wildman–Crippen LogP) is 5.00. The molecule has 0 radical (unpaired) electrons. The molecule has 4 rings (SSSR count). The summed E-state index contributed by atoms with van der Waals surface area (Å²) in [5.41, 5.74) is 1.59. The lowest BCUT2D eigenvalue weighted by molar-refractivity contribution is 0.321. The third-order valence-electron chi connectivity index (χ3n) is 5.36. The Morgan fingerprint density at radius 2 is 1.90 bits per heavy atom. The lowest BCUT2D eigenvalue weighted by Gasteiger charge is -2.24. The zero-order chi connectivity index (χ0) is 14.1. The molecule has 1 aromatic heterocycles. The van der Waals surface area contributed by atoms with Gasteiger partial charge in [-0.05, 0) is 60.0 Å². The van der Waals surface area contributed by atoms with Crippen molar-refractivity contribution in [2.24, 2.45) is 11.8 Å². The maximum absolute atomic E-state index is 3.80. The van der Waals surface area contributed by atoms with Crippen molar-refractivity contribution in [1.82, 2.24) is 5.32 Å². The molecule has 2 heteroatoms. The van der Waals surface area contributed by atoms with Gasteiger partial charge in [0.1, 0.15) is 0 Å². The van der Waals surface area contributed by atoms with Crippen LogP contribution in [0.1, 0.15) is 44.1 Å². The van der Waals surface area contributed by atoms with Gasteiger partial charge >= 0.3 is 0 Å². The van der Waals surface area contributed by atoms with Gasteiger partial charge in [0.2, 0.25) is 0 Å². The van der Waals surface area contributed by atoms with Crippen molar-refractivity contribution in [2.75, 3.05) is 6.54 Å². The average molecular weight is 299 g/mol. The van der Waals surface area contributed by atoms with Crippen molar-refractivity contribution in [2.45, 2.75) is 51.0 Å². The van der Waals surface area contributed by atoms with Gasteiger partial charge in [-0.3, -0.25) is 0 Å². The number of thiophene rings is 1. The van der Waals surface area contributed by atoms with Crippen LogP contribution in [0.2, 0.25) is 0 Å². The highest BCUT2D eigenvalue weighted by molar-refractivity contribution is 7.17. The van der Waals surface area contributed by atoms with Crippen LogP contribution in [0, 0.1) is 11.8 Å². The molecule has 0 amide bonds. The maximum atomic E-state index is 3.80. The Morgan fingerprint density at radius 1 is 1.10 bits per heavy atom. The number of hydrogen-bond donors (Lipinski definition) is 1. The molecule has 1 nitrogen and oxygen atoms in total. The summed E-state index contributed by atoms with van der Waals surface area (Å²) in [4.78, 5) is 0. The van der Waals surface area contributed by atoms with Gasteiger partial charge in [0.25, 0.3) is 0 Å². The fraction of sp³-hybridized carbons (Fsp3) is 0.579. The minimum absolute atomic E-state index is 0.839. The smallest absolute Gasteiger partial charge is 0.0345 e. The first kappa shape index (κ1) is 13.8. The number of fused-ring (bicyclic) bond motifs is 1. The molecule has 2 fully saturated rings. The molecule has 0 spiro atoms. The van der Waals surface area contributed by atoms with E-state index < -0.39 is 0 Å². The van der Waals surface area contributed by atoms with Crippen LogP contribution in [-0.4, -0.2) is 12.6 Å². The minimum atomic E-state index is 0.839. The summed E-state index contributed by atoms with van der Waals surface area (Å²) in [6.45, 7) is 1.24. The van der Waals surface area contributed by atoms with Crippen LogP contribution in [0.4, 0.5) is 0 Å². The Bertz CT molecular complexity index is 592. The Kier molecular flexibility index (Phi) is 4.00. The molecule has 1 atom stereocenters. The van der Waals surface area contributed by atoms with E-state index in [1.54, 1.807) is 5.56 Å². The molecule has 1 N–H and O–H groups in total. The zero-order valence-electron chi connectivity index (χ0n) is 12.7. The van der Waals surface area contributed by atoms with Crippen molar-refractivity contribution in [3.8, 4) is 0 Å². The quantitative estimate of drug-likeness (QED) is 0.791. The molecular weight excluding hydrogens is 274 g/mol. The molecule has 21 heavy (non-hydrogen) atoms. The van der Waals surface area contributed by atoms with E-state index in [0.717, 1.165) is 17.9 Å². The van der Waals surface area contributed by atoms with Crippen molar-refractivity contribution in [1.29, 1.82) is 0 Å². The van der Waals surface area contributed by atoms with Crippen LogP contribution in [0.15, 0.2) is 29.6 Å². The Morgan fingerprint density at radius 3 is 2.71 bits per heavy atom. The molecule has 112 valence electrons. The van der Waals surface area contributed by atoms with Crippen LogP contribution < -0.4 is 5.32 Å². The summed E-state index contributed by atoms with van der Waals surface area (Å²) in [7, 11) is 0. The first-order valence-corrected chi connectivity index (χ1v) is 9.46. The number of rotatable bonds is 6. The van der Waals surface area contributed by atoms with Gasteiger partial charge in [-0.15, -0.1) is 11.3 Å². The van der Waals surface area contributed by atoms with Gasteiger partial charge in [0.15, 0.2) is 0 Å². The van der Waals surface area contributed by atoms with Gasteiger partial charge < -0.3 is 5.32 Å². The maximum Gasteiger partial charge on any atom is 0.0345 e. The van der Waals surface area contributed by atoms with Crippen molar-refractivity contribution in [3.05, 3.63) is 35.2 Å². The molecule has 2 aromatic rings. The van der Waals surface area contributed by atoms with Gasteiger partial charge in [-0.2, -0.15) is 0 Å². The Hall–Kier alpha value is -0.860. The van der Waals surface area contributed by atoms with Gasteiger partial charge in [0, 0.05) is 10.7 Å². The van der Waals surface area contributed by atoms with Crippen molar-refractivity contribution in [3.63, 3.8) is 0 Å². The lowest BCUT2D eigenvalue weighted by atomic mass is 9.85. The number of benzene rings is 1. The molecule has 1 unspecified atom stereocenters. The monoisotopic (exact) mass is 299 g/mol. The highest BCUT2D eigenvalue weighted by Crippen LogP contribution is 2.36. The zero-order valence-corrected chi connectivity index (χ0v) is 13.5. The third kappa shape index (κ3) is 3.17. The topological polar surface area (TPSA) is 12.0 Å². The molecule has 1 aromatic carbocycles. The van der Waals surface area contributed by atoms with E-state index in [1.807, 2.05) is 11.3 Å². The molecule has 2 aliphatic carbocycles. The SMILES string of the molecule is c1ccc2c(CC(CNC3CC3)C3CCCC3)csc2c1. The van der Waals surface area contributed by atoms with Crippen LogP contribution in [0.3, 0.4) is 0 Å². The summed E-state index contributed by atoms with van der Waals surface area (Å²) in [5, 5.41) is 7.70. The molecule has 0 bridgehead atoms. The van der Waals surface area contributed by atoms with Gasteiger partial charge in [0.05, 0.1) is 0 Å². The first-order chi connectivity index (χ1) is 10.4. The third-order valence-corrected chi connectivity index (χ3v) is 6.37. The van der Waals surface area contributed by atoms with E-state index >= 15 is 0 Å². The van der Waals surface area contributed by atoms with Gasteiger partial charge in [-0.1, -0.05) is 43.9 Å². The molecule has 2 saturated carbocycles. The number of nitrogens with one attached hydrogen (secondary N) is 1. The highest BCUT2D eigenvalue weighted by atomic mass is 32.1. The van der Waals surface area contributed by atoms with Crippen LogP contribution in [0.5, 0.6) is 0 Å². The summed E-state index contributed by atoms with van der Waals surface area (Å²) >= 11 is 1.91. The van der Waals surface area contributed by atoms with Crippen LogP contribution in [0.25, 0.3) is 10.1 Å².